The van der Waals surface area contributed by atoms with Gasteiger partial charge in [0.05, 0.1) is 13.2 Å². The van der Waals surface area contributed by atoms with Crippen LogP contribution in [0.3, 0.4) is 0 Å². The number of rotatable bonds is 4. The molecule has 0 aromatic rings. The number of thioether (sulfide) groups is 1. The normalized spacial score (nSPS) is 29.4. The third kappa shape index (κ3) is 3.91. The Bertz CT molecular complexity index is 197. The summed E-state index contributed by atoms with van der Waals surface area (Å²) < 4.78 is 5.44. The highest BCUT2D eigenvalue weighted by molar-refractivity contribution is 7.99. The van der Waals surface area contributed by atoms with Gasteiger partial charge in [0.15, 0.2) is 0 Å². The van der Waals surface area contributed by atoms with Crippen LogP contribution in [0, 0.1) is 0 Å². The van der Waals surface area contributed by atoms with Gasteiger partial charge >= 0.3 is 0 Å². The van der Waals surface area contributed by atoms with Crippen molar-refractivity contribution < 1.29 is 4.74 Å². The van der Waals surface area contributed by atoms with E-state index in [-0.39, 0.29) is 0 Å². The number of hydrogen-bond acceptors (Lipinski definition) is 4. The fraction of sp³-hybridized carbons (Fsp3) is 1.00. The Morgan fingerprint density at radius 3 is 2.94 bits per heavy atom. The lowest BCUT2D eigenvalue weighted by Crippen LogP contribution is -2.47. The van der Waals surface area contributed by atoms with Crippen molar-refractivity contribution in [1.82, 2.24) is 10.2 Å². The van der Waals surface area contributed by atoms with Gasteiger partial charge in [0.1, 0.15) is 0 Å². The van der Waals surface area contributed by atoms with Crippen LogP contribution in [0.5, 0.6) is 0 Å². The van der Waals surface area contributed by atoms with Crippen molar-refractivity contribution in [1.29, 1.82) is 0 Å². The Hall–Kier alpha value is 0.230. The molecule has 0 radical (unpaired) electrons. The molecular formula is C12H24N2OS. The summed E-state index contributed by atoms with van der Waals surface area (Å²) in [5.74, 6) is 2.68. The summed E-state index contributed by atoms with van der Waals surface area (Å²) in [5.41, 5.74) is 0. The first-order valence-corrected chi connectivity index (χ1v) is 7.64. The molecule has 2 fully saturated rings. The van der Waals surface area contributed by atoms with Gasteiger partial charge in [-0.3, -0.25) is 4.90 Å². The Kier molecular flexibility index (Phi) is 5.42. The van der Waals surface area contributed by atoms with Crippen LogP contribution in [0.1, 0.15) is 19.8 Å². The average Bonchev–Trinajstić information content (AvgIpc) is 2.33. The molecular weight excluding hydrogens is 220 g/mol. The Balaban J connectivity index is 1.59. The van der Waals surface area contributed by atoms with Gasteiger partial charge in [-0.15, -0.1) is 0 Å². The summed E-state index contributed by atoms with van der Waals surface area (Å²) in [6, 6.07) is 1.37. The average molecular weight is 244 g/mol. The van der Waals surface area contributed by atoms with Gasteiger partial charge in [-0.05, 0) is 31.3 Å². The van der Waals surface area contributed by atoms with Crippen molar-refractivity contribution >= 4 is 11.8 Å². The minimum absolute atomic E-state index is 0.595. The van der Waals surface area contributed by atoms with Crippen molar-refractivity contribution in [2.75, 3.05) is 44.4 Å². The van der Waals surface area contributed by atoms with Crippen molar-refractivity contribution in [3.05, 3.63) is 0 Å². The summed E-state index contributed by atoms with van der Waals surface area (Å²) in [4.78, 5) is 2.54. The van der Waals surface area contributed by atoms with E-state index in [4.69, 9.17) is 4.74 Å². The maximum absolute atomic E-state index is 5.44. The van der Waals surface area contributed by atoms with Crippen LogP contribution >= 0.6 is 11.8 Å². The summed E-state index contributed by atoms with van der Waals surface area (Å²) in [5, 5.41) is 3.69. The molecule has 3 nitrogen and oxygen atoms in total. The topological polar surface area (TPSA) is 24.5 Å². The van der Waals surface area contributed by atoms with Gasteiger partial charge < -0.3 is 10.1 Å². The highest BCUT2D eigenvalue weighted by Crippen LogP contribution is 2.16. The number of morpholine rings is 1. The van der Waals surface area contributed by atoms with Gasteiger partial charge in [0, 0.05) is 31.7 Å². The predicted octanol–water partition coefficient (Wildman–Crippen LogP) is 1.19. The zero-order valence-electron chi connectivity index (χ0n) is 10.3. The zero-order chi connectivity index (χ0) is 11.2. The summed E-state index contributed by atoms with van der Waals surface area (Å²) in [7, 11) is 0. The van der Waals surface area contributed by atoms with E-state index in [1.54, 1.807) is 0 Å². The van der Waals surface area contributed by atoms with Crippen LogP contribution in [0.15, 0.2) is 0 Å². The monoisotopic (exact) mass is 244 g/mol. The molecule has 4 heteroatoms. The van der Waals surface area contributed by atoms with Crippen LogP contribution in [0.4, 0.5) is 0 Å². The zero-order valence-corrected chi connectivity index (χ0v) is 11.1. The van der Waals surface area contributed by atoms with Crippen LogP contribution in [-0.2, 0) is 4.74 Å². The number of hydrogen-bond donors (Lipinski definition) is 1. The summed E-state index contributed by atoms with van der Waals surface area (Å²) in [6.07, 6.45) is 2.70. The van der Waals surface area contributed by atoms with E-state index >= 15 is 0 Å². The minimum Gasteiger partial charge on any atom is -0.379 e. The highest BCUT2D eigenvalue weighted by Gasteiger charge is 2.18. The van der Waals surface area contributed by atoms with Crippen LogP contribution in [0.25, 0.3) is 0 Å². The largest absolute Gasteiger partial charge is 0.379 e. The third-order valence-corrected chi connectivity index (χ3v) is 4.61. The van der Waals surface area contributed by atoms with Crippen molar-refractivity contribution in [3.8, 4) is 0 Å². The molecule has 94 valence electrons. The van der Waals surface area contributed by atoms with Gasteiger partial charge in [-0.1, -0.05) is 0 Å². The quantitative estimate of drug-likeness (QED) is 0.803. The molecule has 2 rings (SSSR count). The van der Waals surface area contributed by atoms with Gasteiger partial charge in [-0.25, -0.2) is 0 Å². The molecule has 0 spiro atoms. The Labute approximate surface area is 103 Å². The molecule has 1 atom stereocenters. The molecule has 2 aliphatic heterocycles. The van der Waals surface area contributed by atoms with E-state index < -0.39 is 0 Å². The molecule has 1 N–H and O–H groups in total. The molecule has 1 unspecified atom stereocenters. The van der Waals surface area contributed by atoms with Crippen LogP contribution in [-0.4, -0.2) is 61.3 Å². The molecule has 0 amide bonds. The SMILES string of the molecule is CC1COCCN1CCNC1CCSCC1. The lowest BCUT2D eigenvalue weighted by atomic mass is 10.1. The smallest absolute Gasteiger partial charge is 0.0619 e. The molecule has 16 heavy (non-hydrogen) atoms. The van der Waals surface area contributed by atoms with Gasteiger partial charge in [-0.2, -0.15) is 11.8 Å². The molecule has 2 aliphatic rings. The second kappa shape index (κ2) is 6.84. The number of nitrogens with one attached hydrogen (secondary N) is 1. The highest BCUT2D eigenvalue weighted by atomic mass is 32.2. The fourth-order valence-corrected chi connectivity index (χ4v) is 3.51. The second-order valence-corrected chi connectivity index (χ2v) is 6.03. The van der Waals surface area contributed by atoms with E-state index in [0.717, 1.165) is 32.3 Å². The van der Waals surface area contributed by atoms with Crippen molar-refractivity contribution in [2.24, 2.45) is 0 Å². The Morgan fingerprint density at radius 2 is 2.19 bits per heavy atom. The lowest BCUT2D eigenvalue weighted by molar-refractivity contribution is 0.000140. The van der Waals surface area contributed by atoms with Crippen LogP contribution in [0.2, 0.25) is 0 Å². The number of ether oxygens (including phenoxy) is 1. The van der Waals surface area contributed by atoms with E-state index in [1.807, 2.05) is 0 Å². The summed E-state index contributed by atoms with van der Waals surface area (Å²) >= 11 is 2.09. The molecule has 0 bridgehead atoms. The van der Waals surface area contributed by atoms with E-state index in [9.17, 15) is 0 Å². The van der Waals surface area contributed by atoms with Crippen molar-refractivity contribution in [2.45, 2.75) is 31.8 Å². The Morgan fingerprint density at radius 1 is 1.38 bits per heavy atom. The number of nitrogens with zero attached hydrogens (tertiary/aromatic N) is 1. The molecule has 0 aliphatic carbocycles. The first-order chi connectivity index (χ1) is 7.86. The van der Waals surface area contributed by atoms with E-state index in [2.05, 4.69) is 28.9 Å². The standard InChI is InChI=1S/C12H24N2OS/c1-11-10-15-7-6-14(11)5-4-13-12-2-8-16-9-3-12/h11-13H,2-10H2,1H3. The molecule has 2 saturated heterocycles. The summed E-state index contributed by atoms with van der Waals surface area (Å²) in [6.45, 7) is 7.48. The third-order valence-electron chi connectivity index (χ3n) is 3.56. The molecule has 0 aromatic heterocycles. The van der Waals surface area contributed by atoms with Gasteiger partial charge in [0.25, 0.3) is 0 Å². The minimum atomic E-state index is 0.595. The second-order valence-electron chi connectivity index (χ2n) is 4.80. The molecule has 0 saturated carbocycles. The van der Waals surface area contributed by atoms with Crippen molar-refractivity contribution in [3.63, 3.8) is 0 Å². The van der Waals surface area contributed by atoms with Crippen LogP contribution < -0.4 is 5.32 Å². The van der Waals surface area contributed by atoms with E-state index in [1.165, 1.54) is 30.9 Å². The maximum Gasteiger partial charge on any atom is 0.0619 e. The molecule has 2 heterocycles. The predicted molar refractivity (Wildman–Crippen MR) is 70.2 cm³/mol. The lowest BCUT2D eigenvalue weighted by Gasteiger charge is -2.34. The van der Waals surface area contributed by atoms with Gasteiger partial charge in [0.2, 0.25) is 0 Å². The van der Waals surface area contributed by atoms with E-state index in [0.29, 0.717) is 6.04 Å². The first kappa shape index (κ1) is 12.7. The first-order valence-electron chi connectivity index (χ1n) is 6.49. The maximum atomic E-state index is 5.44. The molecule has 0 aromatic carbocycles. The fourth-order valence-electron chi connectivity index (χ4n) is 2.41.